The first-order chi connectivity index (χ1) is 8.64. The van der Waals surface area contributed by atoms with Crippen molar-refractivity contribution in [1.82, 2.24) is 0 Å². The minimum Gasteiger partial charge on any atom is -0.378 e. The molecule has 0 aromatic heterocycles. The van der Waals surface area contributed by atoms with Crippen LogP contribution in [0.2, 0.25) is 0 Å². The van der Waals surface area contributed by atoms with Gasteiger partial charge >= 0.3 is 0 Å². The maximum absolute atomic E-state index is 6.53. The van der Waals surface area contributed by atoms with Crippen LogP contribution in [0.15, 0.2) is 29.3 Å². The molecule has 3 nitrogen and oxygen atoms in total. The molecule has 1 saturated carbocycles. The van der Waals surface area contributed by atoms with E-state index in [0.29, 0.717) is 5.17 Å². The van der Waals surface area contributed by atoms with Gasteiger partial charge < -0.3 is 11.5 Å². The van der Waals surface area contributed by atoms with E-state index in [9.17, 15) is 0 Å². The average Bonchev–Trinajstić information content (AvgIpc) is 2.40. The second kappa shape index (κ2) is 5.76. The van der Waals surface area contributed by atoms with Crippen molar-refractivity contribution in [2.24, 2.45) is 16.5 Å². The average molecular weight is 263 g/mol. The van der Waals surface area contributed by atoms with Crippen LogP contribution in [0.5, 0.6) is 0 Å². The van der Waals surface area contributed by atoms with E-state index in [4.69, 9.17) is 11.5 Å². The standard InChI is InChI=1S/C14H21N3S/c1-18-13(15)17-12-7-5-6-11(10-12)14(16)8-3-2-4-9-14/h5-7,10H,2-4,8-9,16H2,1H3,(H2,15,17). The van der Waals surface area contributed by atoms with Crippen LogP contribution in [-0.2, 0) is 5.54 Å². The van der Waals surface area contributed by atoms with Gasteiger partial charge in [-0.1, -0.05) is 43.2 Å². The van der Waals surface area contributed by atoms with Crippen LogP contribution in [0.3, 0.4) is 0 Å². The smallest absolute Gasteiger partial charge is 0.158 e. The Morgan fingerprint density at radius 2 is 2.00 bits per heavy atom. The molecule has 0 radical (unpaired) electrons. The maximum Gasteiger partial charge on any atom is 0.158 e. The first-order valence-corrected chi connectivity index (χ1v) is 7.64. The molecule has 18 heavy (non-hydrogen) atoms. The topological polar surface area (TPSA) is 64.4 Å². The van der Waals surface area contributed by atoms with E-state index in [1.165, 1.54) is 36.6 Å². The number of thioether (sulfide) groups is 1. The largest absolute Gasteiger partial charge is 0.378 e. The molecule has 1 aliphatic carbocycles. The van der Waals surface area contributed by atoms with Gasteiger partial charge in [-0.25, -0.2) is 4.99 Å². The van der Waals surface area contributed by atoms with Crippen molar-refractivity contribution in [2.75, 3.05) is 6.26 Å². The zero-order chi connectivity index (χ0) is 13.0. The molecule has 1 aromatic rings. The molecule has 1 fully saturated rings. The predicted octanol–water partition coefficient (Wildman–Crippen LogP) is 3.11. The van der Waals surface area contributed by atoms with Crippen molar-refractivity contribution in [1.29, 1.82) is 0 Å². The lowest BCUT2D eigenvalue weighted by atomic mass is 9.77. The van der Waals surface area contributed by atoms with Crippen molar-refractivity contribution in [3.8, 4) is 0 Å². The van der Waals surface area contributed by atoms with Gasteiger partial charge in [0.05, 0.1) is 5.69 Å². The number of hydrogen-bond acceptors (Lipinski definition) is 3. The van der Waals surface area contributed by atoms with Crippen molar-refractivity contribution in [2.45, 2.75) is 37.6 Å². The number of benzene rings is 1. The Morgan fingerprint density at radius 1 is 1.28 bits per heavy atom. The summed E-state index contributed by atoms with van der Waals surface area (Å²) in [6.07, 6.45) is 7.80. The van der Waals surface area contributed by atoms with Crippen molar-refractivity contribution >= 4 is 22.6 Å². The van der Waals surface area contributed by atoms with Crippen LogP contribution in [0.1, 0.15) is 37.7 Å². The molecule has 4 heteroatoms. The van der Waals surface area contributed by atoms with E-state index in [1.54, 1.807) is 0 Å². The minimum absolute atomic E-state index is 0.169. The molecule has 0 bridgehead atoms. The molecular formula is C14H21N3S. The molecule has 2 rings (SSSR count). The van der Waals surface area contributed by atoms with Gasteiger partial charge in [0.25, 0.3) is 0 Å². The first kappa shape index (κ1) is 13.4. The third kappa shape index (κ3) is 3.06. The van der Waals surface area contributed by atoms with Crippen molar-refractivity contribution in [3.05, 3.63) is 29.8 Å². The number of nitrogens with two attached hydrogens (primary N) is 2. The van der Waals surface area contributed by atoms with Gasteiger partial charge in [0, 0.05) is 5.54 Å². The van der Waals surface area contributed by atoms with Crippen LogP contribution in [-0.4, -0.2) is 11.4 Å². The fourth-order valence-corrected chi connectivity index (χ4v) is 2.73. The summed E-state index contributed by atoms with van der Waals surface area (Å²) in [5.41, 5.74) is 14.2. The van der Waals surface area contributed by atoms with Crippen LogP contribution < -0.4 is 11.5 Å². The number of aliphatic imine (C=N–C) groups is 1. The number of nitrogens with zero attached hydrogens (tertiary/aromatic N) is 1. The van der Waals surface area contributed by atoms with E-state index in [0.717, 1.165) is 18.5 Å². The first-order valence-electron chi connectivity index (χ1n) is 6.42. The summed E-state index contributed by atoms with van der Waals surface area (Å²) in [6.45, 7) is 0. The molecule has 0 saturated heterocycles. The van der Waals surface area contributed by atoms with Gasteiger partial charge in [0.15, 0.2) is 5.17 Å². The molecule has 0 aliphatic heterocycles. The van der Waals surface area contributed by atoms with Crippen LogP contribution in [0.25, 0.3) is 0 Å². The summed E-state index contributed by atoms with van der Waals surface area (Å²) in [5, 5.41) is 0.585. The highest BCUT2D eigenvalue weighted by Gasteiger charge is 2.29. The summed E-state index contributed by atoms with van der Waals surface area (Å²) in [5.74, 6) is 0. The van der Waals surface area contributed by atoms with Gasteiger partial charge in [0.2, 0.25) is 0 Å². The lowest BCUT2D eigenvalue weighted by molar-refractivity contribution is 0.302. The van der Waals surface area contributed by atoms with E-state index >= 15 is 0 Å². The van der Waals surface area contributed by atoms with Gasteiger partial charge in [0.1, 0.15) is 0 Å². The lowest BCUT2D eigenvalue weighted by Crippen LogP contribution is -2.38. The molecule has 4 N–H and O–H groups in total. The number of hydrogen-bond donors (Lipinski definition) is 2. The van der Waals surface area contributed by atoms with Gasteiger partial charge in [-0.15, -0.1) is 0 Å². The maximum atomic E-state index is 6.53. The highest BCUT2D eigenvalue weighted by Crippen LogP contribution is 2.35. The van der Waals surface area contributed by atoms with Crippen molar-refractivity contribution < 1.29 is 0 Å². The highest BCUT2D eigenvalue weighted by atomic mass is 32.2. The van der Waals surface area contributed by atoms with E-state index < -0.39 is 0 Å². The molecular weight excluding hydrogens is 242 g/mol. The summed E-state index contributed by atoms with van der Waals surface area (Å²) < 4.78 is 0. The zero-order valence-corrected chi connectivity index (χ0v) is 11.7. The number of amidine groups is 1. The summed E-state index contributed by atoms with van der Waals surface area (Å²) >= 11 is 1.46. The lowest BCUT2D eigenvalue weighted by Gasteiger charge is -2.34. The van der Waals surface area contributed by atoms with Gasteiger partial charge in [-0.05, 0) is 36.8 Å². The summed E-state index contributed by atoms with van der Waals surface area (Å²) in [7, 11) is 0. The predicted molar refractivity (Wildman–Crippen MR) is 80.2 cm³/mol. The Bertz CT molecular complexity index is 436. The highest BCUT2D eigenvalue weighted by molar-refractivity contribution is 8.13. The molecule has 1 aromatic carbocycles. The molecule has 1 aliphatic rings. The Hall–Kier alpha value is -1.00. The molecule has 0 unspecified atom stereocenters. The second-order valence-electron chi connectivity index (χ2n) is 4.92. The second-order valence-corrected chi connectivity index (χ2v) is 5.75. The Kier molecular flexibility index (Phi) is 4.30. The van der Waals surface area contributed by atoms with Gasteiger partial charge in [-0.3, -0.25) is 0 Å². The monoisotopic (exact) mass is 263 g/mol. The molecule has 0 amide bonds. The normalized spacial score (nSPS) is 19.8. The Balaban J connectivity index is 2.26. The van der Waals surface area contributed by atoms with Crippen molar-refractivity contribution in [3.63, 3.8) is 0 Å². The van der Waals surface area contributed by atoms with Crippen LogP contribution >= 0.6 is 11.8 Å². The summed E-state index contributed by atoms with van der Waals surface area (Å²) in [6, 6.07) is 8.18. The van der Waals surface area contributed by atoms with Gasteiger partial charge in [-0.2, -0.15) is 0 Å². The third-order valence-electron chi connectivity index (χ3n) is 3.62. The molecule has 98 valence electrons. The SMILES string of the molecule is CSC(N)=Nc1cccc(C2(N)CCCCC2)c1. The van der Waals surface area contributed by atoms with E-state index in [1.807, 2.05) is 18.4 Å². The van der Waals surface area contributed by atoms with E-state index in [2.05, 4.69) is 17.1 Å². The quantitative estimate of drug-likeness (QED) is 0.636. The summed E-state index contributed by atoms with van der Waals surface area (Å²) in [4.78, 5) is 4.37. The van der Waals surface area contributed by atoms with Crippen LogP contribution in [0.4, 0.5) is 5.69 Å². The number of rotatable bonds is 2. The van der Waals surface area contributed by atoms with Crippen LogP contribution in [0, 0.1) is 0 Å². The Morgan fingerprint density at radius 3 is 2.67 bits per heavy atom. The molecule has 0 heterocycles. The fraction of sp³-hybridized carbons (Fsp3) is 0.500. The third-order valence-corrected chi connectivity index (χ3v) is 4.12. The zero-order valence-electron chi connectivity index (χ0n) is 10.9. The molecule has 0 atom stereocenters. The van der Waals surface area contributed by atoms with E-state index in [-0.39, 0.29) is 5.54 Å². The Labute approximate surface area is 113 Å². The fourth-order valence-electron chi connectivity index (χ4n) is 2.53. The molecule has 0 spiro atoms. The minimum atomic E-state index is -0.169.